The van der Waals surface area contributed by atoms with Gasteiger partial charge in [0, 0.05) is 5.56 Å². The van der Waals surface area contributed by atoms with Crippen molar-refractivity contribution in [2.75, 3.05) is 11.5 Å². The minimum atomic E-state index is 0.0155. The molecule has 0 amide bonds. The average Bonchev–Trinajstić information content (AvgIpc) is 2.33. The molecule has 0 saturated heterocycles. The van der Waals surface area contributed by atoms with Crippen molar-refractivity contribution >= 4 is 23.4 Å². The molecule has 2 aromatic rings. The van der Waals surface area contributed by atoms with Crippen LogP contribution < -0.4 is 11.5 Å². The fourth-order valence-corrected chi connectivity index (χ4v) is 2.12. The Morgan fingerprint density at radius 3 is 2.53 bits per heavy atom. The summed E-state index contributed by atoms with van der Waals surface area (Å²) in [6, 6.07) is 5.79. The minimum Gasteiger partial charge on any atom is -0.382 e. The highest BCUT2D eigenvalue weighted by molar-refractivity contribution is 6.34. The summed E-state index contributed by atoms with van der Waals surface area (Å²) >= 11 is 6.28. The van der Waals surface area contributed by atoms with E-state index >= 15 is 0 Å². The van der Waals surface area contributed by atoms with Crippen LogP contribution in [0.15, 0.2) is 12.1 Å². The molecule has 96 valence electrons. The van der Waals surface area contributed by atoms with Gasteiger partial charge in [0.1, 0.15) is 17.5 Å². The van der Waals surface area contributed by atoms with Crippen LogP contribution in [-0.4, -0.2) is 9.97 Å². The molecule has 2 rings (SSSR count). The van der Waals surface area contributed by atoms with Crippen LogP contribution in [0.2, 0.25) is 5.02 Å². The summed E-state index contributed by atoms with van der Waals surface area (Å²) in [6.07, 6.45) is 0. The molecule has 0 atom stereocenters. The zero-order chi connectivity index (χ0) is 14.2. The Hall–Kier alpha value is -2.32. The van der Waals surface area contributed by atoms with Crippen molar-refractivity contribution in [3.8, 4) is 17.3 Å². The third-order valence-corrected chi connectivity index (χ3v) is 3.22. The highest BCUT2D eigenvalue weighted by Gasteiger charge is 2.17. The van der Waals surface area contributed by atoms with Crippen molar-refractivity contribution in [3.63, 3.8) is 0 Å². The van der Waals surface area contributed by atoms with E-state index in [0.29, 0.717) is 16.3 Å². The van der Waals surface area contributed by atoms with Crippen LogP contribution in [0.4, 0.5) is 11.8 Å². The predicted octanol–water partition coefficient (Wildman–Crippen LogP) is 2.45. The molecule has 6 heteroatoms. The van der Waals surface area contributed by atoms with Crippen molar-refractivity contribution in [3.05, 3.63) is 33.8 Å². The summed E-state index contributed by atoms with van der Waals surface area (Å²) in [5.41, 5.74) is 14.4. The lowest BCUT2D eigenvalue weighted by Gasteiger charge is -2.11. The number of hydrogen-bond acceptors (Lipinski definition) is 5. The summed E-state index contributed by atoms with van der Waals surface area (Å²) in [6.45, 7) is 3.82. The molecule has 1 aromatic heterocycles. The van der Waals surface area contributed by atoms with Crippen molar-refractivity contribution in [2.45, 2.75) is 13.8 Å². The number of nitrogen functional groups attached to an aromatic ring is 2. The molecule has 0 saturated carbocycles. The number of rotatable bonds is 1. The Balaban J connectivity index is 2.83. The number of aromatic nitrogens is 2. The maximum absolute atomic E-state index is 9.19. The molecule has 1 aromatic carbocycles. The highest BCUT2D eigenvalue weighted by Crippen LogP contribution is 2.34. The number of halogens is 1. The van der Waals surface area contributed by atoms with Gasteiger partial charge >= 0.3 is 0 Å². The van der Waals surface area contributed by atoms with Crippen LogP contribution in [0.25, 0.3) is 11.3 Å². The Kier molecular flexibility index (Phi) is 3.28. The fraction of sp³-hybridized carbons (Fsp3) is 0.154. The van der Waals surface area contributed by atoms with E-state index in [1.54, 1.807) is 0 Å². The number of nitrogens with two attached hydrogens (primary N) is 2. The standard InChI is InChI=1S/C13H12ClN5/c1-6-3-7(2)10(14)8(4-6)11-9(5-15)12(16)19-13(17)18-11/h3-4H,1-2H3,(H4,16,17,18,19). The van der Waals surface area contributed by atoms with Crippen LogP contribution >= 0.6 is 11.6 Å². The molecule has 0 aliphatic rings. The number of nitrogens with zero attached hydrogens (tertiary/aromatic N) is 3. The van der Waals surface area contributed by atoms with Crippen molar-refractivity contribution in [1.29, 1.82) is 5.26 Å². The van der Waals surface area contributed by atoms with E-state index in [1.165, 1.54) is 0 Å². The first-order chi connectivity index (χ1) is 8.93. The van der Waals surface area contributed by atoms with Crippen LogP contribution in [0.3, 0.4) is 0 Å². The van der Waals surface area contributed by atoms with Crippen molar-refractivity contribution < 1.29 is 0 Å². The third-order valence-electron chi connectivity index (χ3n) is 2.72. The number of anilines is 2. The zero-order valence-corrected chi connectivity index (χ0v) is 11.3. The van der Waals surface area contributed by atoms with Crippen LogP contribution in [0.1, 0.15) is 16.7 Å². The summed E-state index contributed by atoms with van der Waals surface area (Å²) in [5, 5.41) is 9.71. The second-order valence-electron chi connectivity index (χ2n) is 4.25. The maximum Gasteiger partial charge on any atom is 0.222 e. The van der Waals surface area contributed by atoms with Gasteiger partial charge in [-0.25, -0.2) is 4.98 Å². The fourth-order valence-electron chi connectivity index (χ4n) is 1.92. The second kappa shape index (κ2) is 4.75. The molecule has 0 aliphatic carbocycles. The first-order valence-electron chi connectivity index (χ1n) is 5.54. The van der Waals surface area contributed by atoms with Crippen molar-refractivity contribution in [1.82, 2.24) is 9.97 Å². The van der Waals surface area contributed by atoms with Crippen molar-refractivity contribution in [2.24, 2.45) is 0 Å². The molecule has 1 heterocycles. The van der Waals surface area contributed by atoms with Gasteiger partial charge in [0.15, 0.2) is 0 Å². The van der Waals surface area contributed by atoms with E-state index in [1.807, 2.05) is 32.0 Å². The van der Waals surface area contributed by atoms with Gasteiger partial charge in [0.2, 0.25) is 5.95 Å². The largest absolute Gasteiger partial charge is 0.382 e. The molecule has 5 nitrogen and oxygen atoms in total. The Morgan fingerprint density at radius 1 is 1.21 bits per heavy atom. The SMILES string of the molecule is Cc1cc(C)c(Cl)c(-c2nc(N)nc(N)c2C#N)c1. The van der Waals surface area contributed by atoms with E-state index in [2.05, 4.69) is 9.97 Å². The third kappa shape index (κ3) is 2.30. The first-order valence-corrected chi connectivity index (χ1v) is 5.92. The first kappa shape index (κ1) is 13.1. The van der Waals surface area contributed by atoms with Crippen LogP contribution in [0, 0.1) is 25.2 Å². The average molecular weight is 274 g/mol. The Morgan fingerprint density at radius 2 is 1.89 bits per heavy atom. The zero-order valence-electron chi connectivity index (χ0n) is 10.5. The summed E-state index contributed by atoms with van der Waals surface area (Å²) in [4.78, 5) is 7.88. The Labute approximate surface area is 115 Å². The van der Waals surface area contributed by atoms with E-state index in [-0.39, 0.29) is 17.3 Å². The monoisotopic (exact) mass is 273 g/mol. The van der Waals surface area contributed by atoms with Gasteiger partial charge < -0.3 is 11.5 Å². The lowest BCUT2D eigenvalue weighted by molar-refractivity contribution is 1.18. The molecular weight excluding hydrogens is 262 g/mol. The molecule has 0 fully saturated rings. The summed E-state index contributed by atoms with van der Waals surface area (Å²) < 4.78 is 0. The van der Waals surface area contributed by atoms with Gasteiger partial charge in [-0.15, -0.1) is 0 Å². The molecule has 0 radical (unpaired) electrons. The summed E-state index contributed by atoms with van der Waals surface area (Å²) in [7, 11) is 0. The van der Waals surface area contributed by atoms with Gasteiger partial charge in [-0.2, -0.15) is 10.2 Å². The normalized spacial score (nSPS) is 10.2. The molecule has 0 bridgehead atoms. The minimum absolute atomic E-state index is 0.0155. The molecule has 0 spiro atoms. The summed E-state index contributed by atoms with van der Waals surface area (Å²) in [5.74, 6) is 0.0713. The predicted molar refractivity (Wildman–Crippen MR) is 75.5 cm³/mol. The van der Waals surface area contributed by atoms with Gasteiger partial charge in [-0.3, -0.25) is 0 Å². The van der Waals surface area contributed by atoms with Crippen LogP contribution in [-0.2, 0) is 0 Å². The molecular formula is C13H12ClN5. The van der Waals surface area contributed by atoms with Gasteiger partial charge in [-0.05, 0) is 25.5 Å². The van der Waals surface area contributed by atoms with Gasteiger partial charge in [0.05, 0.1) is 10.7 Å². The molecule has 4 N–H and O–H groups in total. The van der Waals surface area contributed by atoms with E-state index in [4.69, 9.17) is 23.1 Å². The number of aryl methyl sites for hydroxylation is 2. The lowest BCUT2D eigenvalue weighted by Crippen LogP contribution is -2.05. The highest BCUT2D eigenvalue weighted by atomic mass is 35.5. The van der Waals surface area contributed by atoms with E-state index < -0.39 is 0 Å². The topological polar surface area (TPSA) is 102 Å². The van der Waals surface area contributed by atoms with E-state index in [9.17, 15) is 5.26 Å². The van der Waals surface area contributed by atoms with Gasteiger partial charge in [0.25, 0.3) is 0 Å². The maximum atomic E-state index is 9.19. The van der Waals surface area contributed by atoms with Crippen LogP contribution in [0.5, 0.6) is 0 Å². The smallest absolute Gasteiger partial charge is 0.222 e. The lowest BCUT2D eigenvalue weighted by atomic mass is 10.0. The second-order valence-corrected chi connectivity index (χ2v) is 4.62. The number of nitriles is 1. The molecule has 0 aliphatic heterocycles. The Bertz CT molecular complexity index is 703. The molecule has 0 unspecified atom stereocenters. The number of hydrogen-bond donors (Lipinski definition) is 2. The molecule has 19 heavy (non-hydrogen) atoms. The van der Waals surface area contributed by atoms with Gasteiger partial charge in [-0.1, -0.05) is 23.2 Å². The van der Waals surface area contributed by atoms with E-state index in [0.717, 1.165) is 11.1 Å². The number of benzene rings is 1. The quantitative estimate of drug-likeness (QED) is 0.831.